The monoisotopic (exact) mass is 230 g/mol. The zero-order valence-corrected chi connectivity index (χ0v) is 9.64. The van der Waals surface area contributed by atoms with Crippen LogP contribution in [0, 0.1) is 19.3 Å². The first kappa shape index (κ1) is 12.9. The maximum absolute atomic E-state index is 10.5. The Bertz CT molecular complexity index is 467. The third-order valence-electron chi connectivity index (χ3n) is 2.14. The molecule has 1 N–H and O–H groups in total. The van der Waals surface area contributed by atoms with Gasteiger partial charge in [-0.05, 0) is 18.6 Å². The van der Waals surface area contributed by atoms with E-state index in [4.69, 9.17) is 16.3 Å². The minimum atomic E-state index is -0.985. The SMILES string of the molecule is C#CCCOc1c(C)cccc1/C=C/C(=O)O. The van der Waals surface area contributed by atoms with E-state index in [1.807, 2.05) is 19.1 Å². The highest BCUT2D eigenvalue weighted by Crippen LogP contribution is 2.24. The molecule has 0 unspecified atom stereocenters. The van der Waals surface area contributed by atoms with Crippen molar-refractivity contribution in [3.8, 4) is 18.1 Å². The fraction of sp³-hybridized carbons (Fsp3) is 0.214. The molecule has 17 heavy (non-hydrogen) atoms. The molecule has 3 nitrogen and oxygen atoms in total. The smallest absolute Gasteiger partial charge is 0.328 e. The lowest BCUT2D eigenvalue weighted by Gasteiger charge is -2.10. The van der Waals surface area contributed by atoms with Crippen molar-refractivity contribution >= 4 is 12.0 Å². The second-order valence-corrected chi connectivity index (χ2v) is 3.47. The number of rotatable bonds is 5. The van der Waals surface area contributed by atoms with Gasteiger partial charge in [-0.15, -0.1) is 12.3 Å². The Kier molecular flexibility index (Phi) is 4.83. The zero-order chi connectivity index (χ0) is 12.7. The van der Waals surface area contributed by atoms with Crippen molar-refractivity contribution in [3.63, 3.8) is 0 Å². The van der Waals surface area contributed by atoms with Crippen LogP contribution in [0.5, 0.6) is 5.75 Å². The number of terminal acetylenes is 1. The van der Waals surface area contributed by atoms with Crippen molar-refractivity contribution in [1.29, 1.82) is 0 Å². The number of carboxylic acids is 1. The molecule has 1 aromatic rings. The first-order chi connectivity index (χ1) is 8.15. The number of carboxylic acid groups (broad SMARTS) is 1. The second-order valence-electron chi connectivity index (χ2n) is 3.47. The minimum absolute atomic E-state index is 0.426. The van der Waals surface area contributed by atoms with E-state index in [9.17, 15) is 4.79 Å². The lowest BCUT2D eigenvalue weighted by molar-refractivity contribution is -0.131. The van der Waals surface area contributed by atoms with Gasteiger partial charge in [-0.1, -0.05) is 18.2 Å². The van der Waals surface area contributed by atoms with Gasteiger partial charge in [0, 0.05) is 18.1 Å². The molecule has 0 saturated carbocycles. The van der Waals surface area contributed by atoms with Crippen molar-refractivity contribution < 1.29 is 14.6 Å². The summed E-state index contributed by atoms with van der Waals surface area (Å²) in [7, 11) is 0. The summed E-state index contributed by atoms with van der Waals surface area (Å²) < 4.78 is 5.55. The molecule has 88 valence electrons. The molecule has 0 saturated heterocycles. The van der Waals surface area contributed by atoms with Crippen molar-refractivity contribution in [1.82, 2.24) is 0 Å². The molecule has 0 fully saturated rings. The number of ether oxygens (including phenoxy) is 1. The van der Waals surface area contributed by atoms with Crippen LogP contribution in [0.3, 0.4) is 0 Å². The summed E-state index contributed by atoms with van der Waals surface area (Å²) in [5.74, 6) is 2.19. The summed E-state index contributed by atoms with van der Waals surface area (Å²) in [5, 5.41) is 8.59. The van der Waals surface area contributed by atoms with Gasteiger partial charge < -0.3 is 9.84 Å². The van der Waals surface area contributed by atoms with Crippen LogP contribution in [-0.2, 0) is 4.79 Å². The van der Waals surface area contributed by atoms with E-state index >= 15 is 0 Å². The molecule has 1 rings (SSSR count). The van der Waals surface area contributed by atoms with E-state index < -0.39 is 5.97 Å². The van der Waals surface area contributed by atoms with E-state index in [0.29, 0.717) is 18.8 Å². The fourth-order valence-electron chi connectivity index (χ4n) is 1.38. The van der Waals surface area contributed by atoms with Crippen molar-refractivity contribution in [2.45, 2.75) is 13.3 Å². The Labute approximate surface area is 101 Å². The molecule has 0 atom stereocenters. The van der Waals surface area contributed by atoms with Gasteiger partial charge in [0.25, 0.3) is 0 Å². The van der Waals surface area contributed by atoms with E-state index in [1.165, 1.54) is 6.08 Å². The predicted octanol–water partition coefficient (Wildman–Crippen LogP) is 2.49. The lowest BCUT2D eigenvalue weighted by Crippen LogP contribution is -1.99. The van der Waals surface area contributed by atoms with Crippen molar-refractivity contribution in [2.75, 3.05) is 6.61 Å². The van der Waals surface area contributed by atoms with Gasteiger partial charge >= 0.3 is 5.97 Å². The van der Waals surface area contributed by atoms with Gasteiger partial charge in [0.1, 0.15) is 5.75 Å². The minimum Gasteiger partial charge on any atom is -0.492 e. The van der Waals surface area contributed by atoms with E-state index in [1.54, 1.807) is 6.07 Å². The van der Waals surface area contributed by atoms with E-state index in [-0.39, 0.29) is 0 Å². The number of benzene rings is 1. The molecule has 0 heterocycles. The van der Waals surface area contributed by atoms with Crippen LogP contribution >= 0.6 is 0 Å². The normalized spacial score (nSPS) is 10.1. The summed E-state index contributed by atoms with van der Waals surface area (Å²) >= 11 is 0. The van der Waals surface area contributed by atoms with Gasteiger partial charge in [0.05, 0.1) is 6.61 Å². The molecule has 0 aromatic heterocycles. The van der Waals surface area contributed by atoms with Crippen LogP contribution in [0.1, 0.15) is 17.5 Å². The highest BCUT2D eigenvalue weighted by molar-refractivity contribution is 5.86. The quantitative estimate of drug-likeness (QED) is 0.480. The summed E-state index contributed by atoms with van der Waals surface area (Å²) in [6.45, 7) is 2.33. The number of carbonyl (C=O) groups is 1. The first-order valence-corrected chi connectivity index (χ1v) is 5.22. The van der Waals surface area contributed by atoms with Crippen LogP contribution in [0.2, 0.25) is 0 Å². The van der Waals surface area contributed by atoms with Gasteiger partial charge in [0.15, 0.2) is 0 Å². The van der Waals surface area contributed by atoms with Crippen LogP contribution < -0.4 is 4.74 Å². The Morgan fingerprint density at radius 2 is 2.35 bits per heavy atom. The summed E-state index contributed by atoms with van der Waals surface area (Å²) in [6.07, 6.45) is 8.27. The summed E-state index contributed by atoms with van der Waals surface area (Å²) in [6, 6.07) is 5.56. The highest BCUT2D eigenvalue weighted by atomic mass is 16.5. The largest absolute Gasteiger partial charge is 0.492 e. The fourth-order valence-corrected chi connectivity index (χ4v) is 1.38. The molecular weight excluding hydrogens is 216 g/mol. The highest BCUT2D eigenvalue weighted by Gasteiger charge is 2.04. The van der Waals surface area contributed by atoms with Gasteiger partial charge in [-0.3, -0.25) is 0 Å². The summed E-state index contributed by atoms with van der Waals surface area (Å²) in [5.41, 5.74) is 1.69. The molecule has 0 aliphatic carbocycles. The topological polar surface area (TPSA) is 46.5 Å². The predicted molar refractivity (Wildman–Crippen MR) is 66.8 cm³/mol. The van der Waals surface area contributed by atoms with Crippen LogP contribution in [-0.4, -0.2) is 17.7 Å². The second kappa shape index (κ2) is 6.39. The van der Waals surface area contributed by atoms with Crippen LogP contribution in [0.15, 0.2) is 24.3 Å². The van der Waals surface area contributed by atoms with Crippen molar-refractivity contribution in [2.24, 2.45) is 0 Å². The van der Waals surface area contributed by atoms with Gasteiger partial charge in [-0.25, -0.2) is 4.79 Å². The number of aliphatic carboxylic acids is 1. The molecule has 0 aliphatic heterocycles. The maximum Gasteiger partial charge on any atom is 0.328 e. The number of para-hydroxylation sites is 1. The standard InChI is InChI=1S/C14H14O3/c1-3-4-10-17-14-11(2)6-5-7-12(14)8-9-13(15)16/h1,5-9H,4,10H2,2H3,(H,15,16)/b9-8+. The number of hydrogen-bond acceptors (Lipinski definition) is 2. The molecule has 3 heteroatoms. The third kappa shape index (κ3) is 4.04. The lowest BCUT2D eigenvalue weighted by atomic mass is 10.1. The Morgan fingerprint density at radius 3 is 3.00 bits per heavy atom. The maximum atomic E-state index is 10.5. The molecule has 0 bridgehead atoms. The zero-order valence-electron chi connectivity index (χ0n) is 9.64. The average Bonchev–Trinajstić information content (AvgIpc) is 2.29. The van der Waals surface area contributed by atoms with Crippen LogP contribution in [0.25, 0.3) is 6.08 Å². The van der Waals surface area contributed by atoms with E-state index in [2.05, 4.69) is 5.92 Å². The molecule has 0 amide bonds. The Hall–Kier alpha value is -2.21. The first-order valence-electron chi connectivity index (χ1n) is 5.22. The molecule has 1 aromatic carbocycles. The number of aryl methyl sites for hydroxylation is 1. The van der Waals surface area contributed by atoms with Gasteiger partial charge in [0.2, 0.25) is 0 Å². The molecular formula is C14H14O3. The average molecular weight is 230 g/mol. The molecule has 0 spiro atoms. The molecule has 0 radical (unpaired) electrons. The summed E-state index contributed by atoms with van der Waals surface area (Å²) in [4.78, 5) is 10.5. The van der Waals surface area contributed by atoms with Crippen LogP contribution in [0.4, 0.5) is 0 Å². The van der Waals surface area contributed by atoms with E-state index in [0.717, 1.165) is 17.2 Å². The molecule has 0 aliphatic rings. The third-order valence-corrected chi connectivity index (χ3v) is 2.14. The Morgan fingerprint density at radius 1 is 1.59 bits per heavy atom. The van der Waals surface area contributed by atoms with Crippen molar-refractivity contribution in [3.05, 3.63) is 35.4 Å². The number of hydrogen-bond donors (Lipinski definition) is 1. The van der Waals surface area contributed by atoms with Gasteiger partial charge in [-0.2, -0.15) is 0 Å². The Balaban J connectivity index is 2.92.